The minimum absolute atomic E-state index is 0.232. The number of nitrogens with one attached hydrogen (secondary N) is 1. The average molecular weight is 175 g/mol. The molecule has 0 aromatic carbocycles. The third kappa shape index (κ3) is 3.69. The molecule has 0 aromatic rings. The van der Waals surface area contributed by atoms with Crippen molar-refractivity contribution in [2.24, 2.45) is 0 Å². The SMILES string of the molecule is CNC(C)(COC)CC(=O)OC. The summed E-state index contributed by atoms with van der Waals surface area (Å²) in [4.78, 5) is 10.9. The molecule has 4 heteroatoms. The molecule has 72 valence electrons. The minimum atomic E-state index is -0.332. The monoisotopic (exact) mass is 175 g/mol. The first-order valence-electron chi connectivity index (χ1n) is 3.82. The molecule has 0 saturated heterocycles. The smallest absolute Gasteiger partial charge is 0.307 e. The Balaban J connectivity index is 4.03. The van der Waals surface area contributed by atoms with Gasteiger partial charge in [-0.1, -0.05) is 0 Å². The molecular formula is C8H17NO3. The highest BCUT2D eigenvalue weighted by Gasteiger charge is 2.25. The van der Waals surface area contributed by atoms with Gasteiger partial charge in [0, 0.05) is 12.6 Å². The Hall–Kier alpha value is -0.610. The Kier molecular flexibility index (Phi) is 4.85. The normalized spacial score (nSPS) is 15.3. The third-order valence-electron chi connectivity index (χ3n) is 1.83. The molecule has 0 rings (SSSR count). The summed E-state index contributed by atoms with van der Waals surface area (Å²) in [5.74, 6) is -0.232. The summed E-state index contributed by atoms with van der Waals surface area (Å²) < 4.78 is 9.53. The highest BCUT2D eigenvalue weighted by atomic mass is 16.5. The van der Waals surface area contributed by atoms with Crippen LogP contribution < -0.4 is 5.32 Å². The predicted octanol–water partition coefficient (Wildman–Crippen LogP) is 0.174. The summed E-state index contributed by atoms with van der Waals surface area (Å²) in [7, 11) is 4.78. The van der Waals surface area contributed by atoms with Crippen molar-refractivity contribution in [2.45, 2.75) is 18.9 Å². The third-order valence-corrected chi connectivity index (χ3v) is 1.83. The fourth-order valence-corrected chi connectivity index (χ4v) is 0.921. The van der Waals surface area contributed by atoms with Crippen molar-refractivity contribution in [3.63, 3.8) is 0 Å². The molecule has 1 atom stereocenters. The Morgan fingerprint density at radius 3 is 2.42 bits per heavy atom. The van der Waals surface area contributed by atoms with Crippen LogP contribution in [0.2, 0.25) is 0 Å². The first kappa shape index (κ1) is 11.4. The van der Waals surface area contributed by atoms with Crippen LogP contribution in [0.3, 0.4) is 0 Å². The number of likely N-dealkylation sites (N-methyl/N-ethyl adjacent to an activating group) is 1. The van der Waals surface area contributed by atoms with Gasteiger partial charge in [-0.05, 0) is 14.0 Å². The van der Waals surface area contributed by atoms with Gasteiger partial charge in [-0.2, -0.15) is 0 Å². The molecule has 0 aromatic heterocycles. The van der Waals surface area contributed by atoms with Gasteiger partial charge in [0.05, 0.1) is 20.1 Å². The second-order valence-corrected chi connectivity index (χ2v) is 3.00. The van der Waals surface area contributed by atoms with Crippen LogP contribution in [0, 0.1) is 0 Å². The molecule has 0 heterocycles. The summed E-state index contributed by atoms with van der Waals surface area (Å²) in [5, 5.41) is 3.02. The van der Waals surface area contributed by atoms with Gasteiger partial charge >= 0.3 is 5.97 Å². The van der Waals surface area contributed by atoms with E-state index in [1.165, 1.54) is 7.11 Å². The lowest BCUT2D eigenvalue weighted by Crippen LogP contribution is -2.45. The van der Waals surface area contributed by atoms with E-state index in [-0.39, 0.29) is 11.5 Å². The number of carbonyl (C=O) groups is 1. The molecule has 1 unspecified atom stereocenters. The van der Waals surface area contributed by atoms with Gasteiger partial charge in [-0.25, -0.2) is 0 Å². The zero-order chi connectivity index (χ0) is 9.61. The molecule has 0 saturated carbocycles. The van der Waals surface area contributed by atoms with E-state index in [0.717, 1.165) is 0 Å². The number of esters is 1. The van der Waals surface area contributed by atoms with Crippen LogP contribution in [0.5, 0.6) is 0 Å². The van der Waals surface area contributed by atoms with Crippen molar-refractivity contribution >= 4 is 5.97 Å². The summed E-state index contributed by atoms with van der Waals surface area (Å²) >= 11 is 0. The second kappa shape index (κ2) is 5.11. The number of hydrogen-bond acceptors (Lipinski definition) is 4. The number of hydrogen-bond donors (Lipinski definition) is 1. The van der Waals surface area contributed by atoms with E-state index in [1.807, 2.05) is 6.92 Å². The molecule has 0 radical (unpaired) electrons. The Bertz CT molecular complexity index is 149. The van der Waals surface area contributed by atoms with Crippen molar-refractivity contribution in [3.8, 4) is 0 Å². The Labute approximate surface area is 73.2 Å². The fraction of sp³-hybridized carbons (Fsp3) is 0.875. The van der Waals surface area contributed by atoms with E-state index in [4.69, 9.17) is 4.74 Å². The molecule has 0 amide bonds. The molecule has 1 N–H and O–H groups in total. The van der Waals surface area contributed by atoms with E-state index >= 15 is 0 Å². The van der Waals surface area contributed by atoms with Gasteiger partial charge in [-0.15, -0.1) is 0 Å². The number of ether oxygens (including phenoxy) is 2. The van der Waals surface area contributed by atoms with Crippen LogP contribution in [-0.4, -0.2) is 39.4 Å². The quantitative estimate of drug-likeness (QED) is 0.605. The van der Waals surface area contributed by atoms with Gasteiger partial charge in [0.1, 0.15) is 0 Å². The molecule has 0 spiro atoms. The van der Waals surface area contributed by atoms with E-state index in [1.54, 1.807) is 14.2 Å². The maximum absolute atomic E-state index is 10.9. The largest absolute Gasteiger partial charge is 0.469 e. The first-order valence-corrected chi connectivity index (χ1v) is 3.82. The zero-order valence-corrected chi connectivity index (χ0v) is 8.14. The van der Waals surface area contributed by atoms with E-state index in [0.29, 0.717) is 13.0 Å². The van der Waals surface area contributed by atoms with Gasteiger partial charge in [-0.3, -0.25) is 4.79 Å². The standard InChI is InChI=1S/C8H17NO3/c1-8(9-2,6-11-3)5-7(10)12-4/h9H,5-6H2,1-4H3. The molecule has 0 aliphatic heterocycles. The maximum atomic E-state index is 10.9. The molecule has 0 aliphatic rings. The van der Waals surface area contributed by atoms with Crippen molar-refractivity contribution in [1.82, 2.24) is 5.32 Å². The first-order chi connectivity index (χ1) is 5.58. The lowest BCUT2D eigenvalue weighted by Gasteiger charge is -2.26. The fourth-order valence-electron chi connectivity index (χ4n) is 0.921. The van der Waals surface area contributed by atoms with E-state index in [2.05, 4.69) is 10.1 Å². The van der Waals surface area contributed by atoms with E-state index in [9.17, 15) is 4.79 Å². The summed E-state index contributed by atoms with van der Waals surface area (Å²) in [6, 6.07) is 0. The molecule has 0 bridgehead atoms. The lowest BCUT2D eigenvalue weighted by atomic mass is 10.00. The number of rotatable bonds is 5. The second-order valence-electron chi connectivity index (χ2n) is 3.00. The summed E-state index contributed by atoms with van der Waals surface area (Å²) in [6.07, 6.45) is 0.313. The van der Waals surface area contributed by atoms with Crippen molar-refractivity contribution in [2.75, 3.05) is 27.9 Å². The van der Waals surface area contributed by atoms with Gasteiger partial charge in [0.25, 0.3) is 0 Å². The summed E-state index contributed by atoms with van der Waals surface area (Å²) in [5.41, 5.74) is -0.332. The van der Waals surface area contributed by atoms with Crippen LogP contribution in [0.25, 0.3) is 0 Å². The van der Waals surface area contributed by atoms with Crippen LogP contribution in [0.4, 0.5) is 0 Å². The lowest BCUT2D eigenvalue weighted by molar-refractivity contribution is -0.142. The van der Waals surface area contributed by atoms with Crippen LogP contribution in [0.15, 0.2) is 0 Å². The highest BCUT2D eigenvalue weighted by molar-refractivity contribution is 5.70. The molecular weight excluding hydrogens is 158 g/mol. The number of methoxy groups -OCH3 is 2. The van der Waals surface area contributed by atoms with Gasteiger partial charge < -0.3 is 14.8 Å². The van der Waals surface area contributed by atoms with Crippen molar-refractivity contribution < 1.29 is 14.3 Å². The average Bonchev–Trinajstić information content (AvgIpc) is 2.05. The van der Waals surface area contributed by atoms with Gasteiger partial charge in [0.15, 0.2) is 0 Å². The van der Waals surface area contributed by atoms with Crippen LogP contribution >= 0.6 is 0 Å². The minimum Gasteiger partial charge on any atom is -0.469 e. The number of carbonyl (C=O) groups excluding carboxylic acids is 1. The molecule has 0 fully saturated rings. The molecule has 4 nitrogen and oxygen atoms in total. The van der Waals surface area contributed by atoms with Crippen molar-refractivity contribution in [1.29, 1.82) is 0 Å². The summed E-state index contributed by atoms with van der Waals surface area (Å²) in [6.45, 7) is 2.39. The predicted molar refractivity (Wildman–Crippen MR) is 46.0 cm³/mol. The highest BCUT2D eigenvalue weighted by Crippen LogP contribution is 2.09. The van der Waals surface area contributed by atoms with Crippen molar-refractivity contribution in [3.05, 3.63) is 0 Å². The Morgan fingerprint density at radius 2 is 2.08 bits per heavy atom. The zero-order valence-electron chi connectivity index (χ0n) is 8.14. The van der Waals surface area contributed by atoms with Crippen LogP contribution in [-0.2, 0) is 14.3 Å². The van der Waals surface area contributed by atoms with E-state index < -0.39 is 0 Å². The Morgan fingerprint density at radius 1 is 1.50 bits per heavy atom. The molecule has 0 aliphatic carbocycles. The topological polar surface area (TPSA) is 47.6 Å². The molecule has 12 heavy (non-hydrogen) atoms. The van der Waals surface area contributed by atoms with Crippen LogP contribution in [0.1, 0.15) is 13.3 Å². The maximum Gasteiger partial charge on any atom is 0.307 e. The van der Waals surface area contributed by atoms with Gasteiger partial charge in [0.2, 0.25) is 0 Å².